The van der Waals surface area contributed by atoms with Crippen molar-refractivity contribution in [1.82, 2.24) is 0 Å². The van der Waals surface area contributed by atoms with Crippen LogP contribution in [0.3, 0.4) is 0 Å². The van der Waals surface area contributed by atoms with Crippen LogP contribution in [0, 0.1) is 52.3 Å². The minimum Gasteiger partial charge on any atom is -0.396 e. The zero-order chi connectivity index (χ0) is 21.3. The number of aliphatic hydroxyl groups excluding tert-OH is 1. The zero-order valence-corrected chi connectivity index (χ0v) is 19.7. The highest BCUT2D eigenvalue weighted by Crippen LogP contribution is 2.69. The highest BCUT2D eigenvalue weighted by atomic mass is 16.5. The van der Waals surface area contributed by atoms with E-state index in [-0.39, 0.29) is 0 Å². The SMILES string of the molecule is C[C@H](CO)CC[C@H]1O[C@H]2C[C@H]3[C@@H]4CC[C@@H]5CC(=O)CC[C@]5(C)[C@H]4CC[C@]3(C)[C@H]2[C@@H]1C. The van der Waals surface area contributed by atoms with Crippen molar-refractivity contribution < 1.29 is 14.6 Å². The molecule has 1 N–H and O–H groups in total. The Balaban J connectivity index is 1.33. The Bertz CT molecular complexity index is 675. The highest BCUT2D eigenvalue weighted by molar-refractivity contribution is 5.79. The Morgan fingerprint density at radius 3 is 2.70 bits per heavy atom. The molecule has 0 radical (unpaired) electrons. The van der Waals surface area contributed by atoms with Crippen molar-refractivity contribution in [3.63, 3.8) is 0 Å². The van der Waals surface area contributed by atoms with Crippen LogP contribution in [-0.4, -0.2) is 29.7 Å². The van der Waals surface area contributed by atoms with Gasteiger partial charge < -0.3 is 9.84 Å². The van der Waals surface area contributed by atoms with Gasteiger partial charge in [0.15, 0.2) is 0 Å². The van der Waals surface area contributed by atoms with Gasteiger partial charge in [-0.05, 0) is 104 Å². The summed E-state index contributed by atoms with van der Waals surface area (Å²) in [7, 11) is 0. The first-order valence-corrected chi connectivity index (χ1v) is 13.1. The van der Waals surface area contributed by atoms with E-state index in [2.05, 4.69) is 27.7 Å². The molecular formula is C27H44O3. The molecule has 0 bridgehead atoms. The lowest BCUT2D eigenvalue weighted by molar-refractivity contribution is -0.140. The van der Waals surface area contributed by atoms with Crippen molar-refractivity contribution in [1.29, 1.82) is 0 Å². The van der Waals surface area contributed by atoms with Gasteiger partial charge in [0.05, 0.1) is 12.2 Å². The molecule has 0 unspecified atom stereocenters. The fourth-order valence-corrected chi connectivity index (χ4v) is 9.60. The van der Waals surface area contributed by atoms with Crippen molar-refractivity contribution in [2.75, 3.05) is 6.61 Å². The Labute approximate surface area is 183 Å². The number of carbonyl (C=O) groups excluding carboxylic acids is 1. The molecule has 3 heteroatoms. The van der Waals surface area contributed by atoms with Gasteiger partial charge in [-0.1, -0.05) is 27.7 Å². The first-order chi connectivity index (χ1) is 14.3. The molecule has 5 aliphatic rings. The molecule has 11 atom stereocenters. The number of hydrogen-bond acceptors (Lipinski definition) is 3. The van der Waals surface area contributed by atoms with Crippen molar-refractivity contribution in [3.05, 3.63) is 0 Å². The summed E-state index contributed by atoms with van der Waals surface area (Å²) in [5.41, 5.74) is 0.849. The summed E-state index contributed by atoms with van der Waals surface area (Å²) in [4.78, 5) is 12.1. The number of rotatable bonds is 4. The second kappa shape index (κ2) is 7.58. The Kier molecular flexibility index (Phi) is 5.41. The van der Waals surface area contributed by atoms with Gasteiger partial charge >= 0.3 is 0 Å². The van der Waals surface area contributed by atoms with Gasteiger partial charge in [-0.2, -0.15) is 0 Å². The molecular weight excluding hydrogens is 372 g/mol. The summed E-state index contributed by atoms with van der Waals surface area (Å²) in [6.45, 7) is 10.1. The molecule has 0 aromatic carbocycles. The monoisotopic (exact) mass is 416 g/mol. The van der Waals surface area contributed by atoms with Gasteiger partial charge in [0, 0.05) is 19.4 Å². The number of carbonyl (C=O) groups is 1. The summed E-state index contributed by atoms with van der Waals surface area (Å²) >= 11 is 0. The third kappa shape index (κ3) is 3.08. The van der Waals surface area contributed by atoms with Crippen LogP contribution in [0.5, 0.6) is 0 Å². The lowest BCUT2D eigenvalue weighted by Gasteiger charge is -2.60. The van der Waals surface area contributed by atoms with E-state index in [1.54, 1.807) is 0 Å². The lowest BCUT2D eigenvalue weighted by atomic mass is 9.44. The van der Waals surface area contributed by atoms with E-state index in [9.17, 15) is 9.90 Å². The predicted octanol–water partition coefficient (Wildman–Crippen LogP) is 5.64. The van der Waals surface area contributed by atoms with Gasteiger partial charge in [-0.25, -0.2) is 0 Å². The van der Waals surface area contributed by atoms with Crippen LogP contribution in [0.4, 0.5) is 0 Å². The molecule has 0 aromatic heterocycles. The van der Waals surface area contributed by atoms with Crippen LogP contribution in [0.2, 0.25) is 0 Å². The second-order valence-electron chi connectivity index (χ2n) is 12.6. The van der Waals surface area contributed by atoms with Gasteiger partial charge in [0.2, 0.25) is 0 Å². The molecule has 0 aromatic rings. The molecule has 170 valence electrons. The van der Waals surface area contributed by atoms with E-state index >= 15 is 0 Å². The van der Waals surface area contributed by atoms with Crippen LogP contribution in [-0.2, 0) is 9.53 Å². The minimum atomic E-state index is 0.294. The molecule has 3 nitrogen and oxygen atoms in total. The molecule has 4 aliphatic carbocycles. The smallest absolute Gasteiger partial charge is 0.133 e. The van der Waals surface area contributed by atoms with Gasteiger partial charge in [-0.3, -0.25) is 4.79 Å². The average molecular weight is 417 g/mol. The molecule has 30 heavy (non-hydrogen) atoms. The Hall–Kier alpha value is -0.410. The summed E-state index contributed by atoms with van der Waals surface area (Å²) in [6, 6.07) is 0. The maximum Gasteiger partial charge on any atom is 0.133 e. The molecule has 0 spiro atoms. The van der Waals surface area contributed by atoms with E-state index in [4.69, 9.17) is 4.74 Å². The van der Waals surface area contributed by atoms with E-state index < -0.39 is 0 Å². The number of hydrogen-bond donors (Lipinski definition) is 1. The average Bonchev–Trinajstić information content (AvgIpc) is 3.20. The lowest BCUT2D eigenvalue weighted by Crippen LogP contribution is -2.54. The summed E-state index contributed by atoms with van der Waals surface area (Å²) in [5, 5.41) is 9.40. The molecule has 5 fully saturated rings. The van der Waals surface area contributed by atoms with Crippen molar-refractivity contribution in [2.45, 2.75) is 104 Å². The van der Waals surface area contributed by atoms with E-state index in [1.165, 1.54) is 32.1 Å². The van der Waals surface area contributed by atoms with E-state index in [0.29, 0.717) is 53.2 Å². The Morgan fingerprint density at radius 1 is 1.13 bits per heavy atom. The quantitative estimate of drug-likeness (QED) is 0.645. The van der Waals surface area contributed by atoms with Crippen LogP contribution in [0.1, 0.15) is 91.9 Å². The van der Waals surface area contributed by atoms with Crippen LogP contribution in [0.15, 0.2) is 0 Å². The largest absolute Gasteiger partial charge is 0.396 e. The number of aliphatic hydroxyl groups is 1. The van der Waals surface area contributed by atoms with Crippen molar-refractivity contribution >= 4 is 5.78 Å². The normalized spacial score (nSPS) is 53.6. The van der Waals surface area contributed by atoms with Crippen LogP contribution >= 0.6 is 0 Å². The highest BCUT2D eigenvalue weighted by Gasteiger charge is 2.65. The van der Waals surface area contributed by atoms with Crippen molar-refractivity contribution in [3.8, 4) is 0 Å². The second-order valence-corrected chi connectivity index (χ2v) is 12.6. The fourth-order valence-electron chi connectivity index (χ4n) is 9.60. The first kappa shape index (κ1) is 21.4. The van der Waals surface area contributed by atoms with Gasteiger partial charge in [0.25, 0.3) is 0 Å². The minimum absolute atomic E-state index is 0.294. The molecule has 1 saturated heterocycles. The maximum absolute atomic E-state index is 12.1. The molecule has 5 rings (SSSR count). The standard InChI is InChI=1S/C27H44O3/c1-16(15-28)5-8-23-17(2)25-24(30-23)14-22-20-7-6-18-13-19(29)9-11-26(18,3)21(20)10-12-27(22,25)4/h16-18,20-25,28H,5-15H2,1-4H3/t16-,17+,18+,20+,21-,22-,23+,24-,25-,26-,27-/m0/s1. The van der Waals surface area contributed by atoms with Crippen LogP contribution in [0.25, 0.3) is 0 Å². The predicted molar refractivity (Wildman–Crippen MR) is 119 cm³/mol. The number of ketones is 1. The maximum atomic E-state index is 12.1. The van der Waals surface area contributed by atoms with E-state index in [1.807, 2.05) is 0 Å². The Morgan fingerprint density at radius 2 is 1.93 bits per heavy atom. The number of Topliss-reactive ketones (excluding diaryl/α,β-unsaturated/α-hetero) is 1. The molecule has 0 amide bonds. The topological polar surface area (TPSA) is 46.5 Å². The van der Waals surface area contributed by atoms with Crippen LogP contribution < -0.4 is 0 Å². The molecule has 1 heterocycles. The summed E-state index contributed by atoms with van der Waals surface area (Å²) in [5.74, 6) is 5.43. The number of ether oxygens (including phenoxy) is 1. The molecule has 4 saturated carbocycles. The van der Waals surface area contributed by atoms with E-state index in [0.717, 1.165) is 55.8 Å². The third-order valence-corrected chi connectivity index (χ3v) is 11.3. The summed E-state index contributed by atoms with van der Waals surface area (Å²) < 4.78 is 6.75. The van der Waals surface area contributed by atoms with Gasteiger partial charge in [-0.15, -0.1) is 0 Å². The van der Waals surface area contributed by atoms with Crippen molar-refractivity contribution in [2.24, 2.45) is 52.3 Å². The van der Waals surface area contributed by atoms with Gasteiger partial charge in [0.1, 0.15) is 5.78 Å². The fraction of sp³-hybridized carbons (Fsp3) is 0.963. The number of fused-ring (bicyclic) bond motifs is 7. The third-order valence-electron chi connectivity index (χ3n) is 11.3. The first-order valence-electron chi connectivity index (χ1n) is 13.1. The summed E-state index contributed by atoms with van der Waals surface area (Å²) in [6.07, 6.45) is 12.5. The zero-order valence-electron chi connectivity index (χ0n) is 19.7. The molecule has 1 aliphatic heterocycles.